The summed E-state index contributed by atoms with van der Waals surface area (Å²) in [5.41, 5.74) is 6.66. The van der Waals surface area contributed by atoms with Crippen LogP contribution in [0.5, 0.6) is 0 Å². The largest absolute Gasteiger partial charge is 0.398 e. The van der Waals surface area contributed by atoms with Crippen molar-refractivity contribution in [2.24, 2.45) is 0 Å². The van der Waals surface area contributed by atoms with E-state index in [1.54, 1.807) is 18.2 Å². The molecule has 0 atom stereocenters. The second kappa shape index (κ2) is 4.34. The van der Waals surface area contributed by atoms with Crippen LogP contribution < -0.4 is 11.1 Å². The number of carbonyl (C=O) groups is 1. The van der Waals surface area contributed by atoms with Crippen LogP contribution in [0, 0.1) is 6.07 Å². The van der Waals surface area contributed by atoms with Crippen molar-refractivity contribution in [2.75, 3.05) is 5.73 Å². The molecule has 1 aliphatic carbocycles. The number of nitrogens with two attached hydrogens (primary N) is 1. The predicted molar refractivity (Wildman–Crippen MR) is 59.4 cm³/mol. The van der Waals surface area contributed by atoms with Crippen LogP contribution >= 0.6 is 0 Å². The standard InChI is InChI=1S/C12H15N2O/c13-11-8-4-3-7-10(11)12(15)14-9-5-1-2-6-9/h3-4,8-9H,1-2,5-6,13H2,(H,14,15). The highest BCUT2D eigenvalue weighted by atomic mass is 16.1. The summed E-state index contributed by atoms with van der Waals surface area (Å²) < 4.78 is 0. The van der Waals surface area contributed by atoms with Gasteiger partial charge in [-0.05, 0) is 25.0 Å². The van der Waals surface area contributed by atoms with Crippen molar-refractivity contribution in [2.45, 2.75) is 31.7 Å². The minimum absolute atomic E-state index is 0.0972. The van der Waals surface area contributed by atoms with E-state index in [-0.39, 0.29) is 5.91 Å². The third kappa shape index (κ3) is 2.29. The molecule has 1 aliphatic rings. The van der Waals surface area contributed by atoms with Gasteiger partial charge in [0.05, 0.1) is 5.56 Å². The number of nitrogen functional groups attached to an aromatic ring is 1. The fraction of sp³-hybridized carbons (Fsp3) is 0.417. The number of amides is 1. The number of benzene rings is 1. The fourth-order valence-corrected chi connectivity index (χ4v) is 1.97. The highest BCUT2D eigenvalue weighted by molar-refractivity contribution is 5.98. The average molecular weight is 203 g/mol. The second-order valence-electron chi connectivity index (χ2n) is 3.96. The third-order valence-electron chi connectivity index (χ3n) is 2.81. The van der Waals surface area contributed by atoms with Crippen molar-refractivity contribution >= 4 is 11.6 Å². The lowest BCUT2D eigenvalue weighted by Crippen LogP contribution is -2.33. The molecule has 79 valence electrons. The van der Waals surface area contributed by atoms with E-state index < -0.39 is 0 Å². The molecule has 3 nitrogen and oxygen atoms in total. The summed E-state index contributed by atoms with van der Waals surface area (Å²) in [4.78, 5) is 11.8. The van der Waals surface area contributed by atoms with Gasteiger partial charge < -0.3 is 11.1 Å². The first-order chi connectivity index (χ1) is 7.27. The van der Waals surface area contributed by atoms with Crippen molar-refractivity contribution in [1.29, 1.82) is 0 Å². The number of rotatable bonds is 2. The van der Waals surface area contributed by atoms with Crippen LogP contribution in [0.1, 0.15) is 36.0 Å². The second-order valence-corrected chi connectivity index (χ2v) is 3.96. The van der Waals surface area contributed by atoms with Crippen LogP contribution in [0.4, 0.5) is 5.69 Å². The Bertz CT molecular complexity index is 356. The summed E-state index contributed by atoms with van der Waals surface area (Å²) >= 11 is 0. The summed E-state index contributed by atoms with van der Waals surface area (Å²) in [5, 5.41) is 2.99. The lowest BCUT2D eigenvalue weighted by molar-refractivity contribution is 0.0938. The lowest BCUT2D eigenvalue weighted by atomic mass is 10.1. The first-order valence-electron chi connectivity index (χ1n) is 5.34. The number of carbonyl (C=O) groups excluding carboxylic acids is 1. The quantitative estimate of drug-likeness (QED) is 0.719. The van der Waals surface area contributed by atoms with Gasteiger partial charge in [0.1, 0.15) is 0 Å². The molecule has 0 aromatic heterocycles. The molecule has 0 spiro atoms. The van der Waals surface area contributed by atoms with E-state index in [1.165, 1.54) is 12.8 Å². The van der Waals surface area contributed by atoms with Crippen molar-refractivity contribution in [3.63, 3.8) is 0 Å². The fourth-order valence-electron chi connectivity index (χ4n) is 1.97. The van der Waals surface area contributed by atoms with Crippen molar-refractivity contribution < 1.29 is 4.79 Å². The molecule has 3 N–H and O–H groups in total. The van der Waals surface area contributed by atoms with Gasteiger partial charge in [0.15, 0.2) is 0 Å². The summed E-state index contributed by atoms with van der Waals surface area (Å²) in [7, 11) is 0. The van der Waals surface area contributed by atoms with E-state index in [1.807, 2.05) is 0 Å². The summed E-state index contributed by atoms with van der Waals surface area (Å²) in [6.45, 7) is 0. The zero-order chi connectivity index (χ0) is 10.7. The normalized spacial score (nSPS) is 16.5. The molecule has 0 aliphatic heterocycles. The van der Waals surface area contributed by atoms with Crippen LogP contribution in [0.25, 0.3) is 0 Å². The monoisotopic (exact) mass is 203 g/mol. The van der Waals surface area contributed by atoms with E-state index in [2.05, 4.69) is 11.4 Å². The summed E-state index contributed by atoms with van der Waals surface area (Å²) in [6.07, 6.45) is 4.58. The van der Waals surface area contributed by atoms with E-state index in [0.29, 0.717) is 17.3 Å². The van der Waals surface area contributed by atoms with Crippen LogP contribution in [-0.4, -0.2) is 11.9 Å². The Hall–Kier alpha value is -1.51. The molecule has 0 bridgehead atoms. The van der Waals surface area contributed by atoms with Gasteiger partial charge in [0.2, 0.25) is 0 Å². The first-order valence-corrected chi connectivity index (χ1v) is 5.34. The van der Waals surface area contributed by atoms with E-state index in [4.69, 9.17) is 5.73 Å². The smallest absolute Gasteiger partial charge is 0.254 e. The highest BCUT2D eigenvalue weighted by Gasteiger charge is 2.18. The van der Waals surface area contributed by atoms with Gasteiger partial charge in [-0.1, -0.05) is 25.0 Å². The minimum Gasteiger partial charge on any atom is -0.398 e. The number of hydrogen-bond donors (Lipinski definition) is 2. The zero-order valence-corrected chi connectivity index (χ0v) is 8.62. The molecule has 1 amide bonds. The van der Waals surface area contributed by atoms with Gasteiger partial charge in [-0.2, -0.15) is 0 Å². The van der Waals surface area contributed by atoms with E-state index in [9.17, 15) is 4.79 Å². The molecule has 1 aromatic rings. The van der Waals surface area contributed by atoms with Crippen LogP contribution in [0.15, 0.2) is 18.2 Å². The van der Waals surface area contributed by atoms with Gasteiger partial charge in [-0.15, -0.1) is 0 Å². The maximum absolute atomic E-state index is 11.8. The Morgan fingerprint density at radius 1 is 1.47 bits per heavy atom. The minimum atomic E-state index is -0.0972. The van der Waals surface area contributed by atoms with Crippen LogP contribution in [0.2, 0.25) is 0 Å². The van der Waals surface area contributed by atoms with E-state index in [0.717, 1.165) is 12.8 Å². The summed E-state index contributed by atoms with van der Waals surface area (Å²) in [5.74, 6) is -0.0972. The van der Waals surface area contributed by atoms with Gasteiger partial charge in [0.25, 0.3) is 5.91 Å². The SMILES string of the molecule is Nc1ccc[c]c1C(=O)NC1CCCC1. The molecule has 0 unspecified atom stereocenters. The van der Waals surface area contributed by atoms with Crippen molar-refractivity contribution in [1.82, 2.24) is 5.32 Å². The van der Waals surface area contributed by atoms with Gasteiger partial charge in [0, 0.05) is 11.7 Å². The van der Waals surface area contributed by atoms with Crippen molar-refractivity contribution in [3.05, 3.63) is 29.8 Å². The van der Waals surface area contributed by atoms with Gasteiger partial charge in [-0.3, -0.25) is 4.79 Å². The molecule has 3 heteroatoms. The molecule has 2 rings (SSSR count). The molecule has 1 saturated carbocycles. The van der Waals surface area contributed by atoms with Gasteiger partial charge in [-0.25, -0.2) is 0 Å². The molecule has 0 heterocycles. The lowest BCUT2D eigenvalue weighted by Gasteiger charge is -2.12. The Morgan fingerprint density at radius 3 is 2.87 bits per heavy atom. The summed E-state index contributed by atoms with van der Waals surface area (Å²) in [6, 6.07) is 8.41. The molecule has 1 fully saturated rings. The Morgan fingerprint density at radius 2 is 2.20 bits per heavy atom. The van der Waals surface area contributed by atoms with Crippen molar-refractivity contribution in [3.8, 4) is 0 Å². The average Bonchev–Trinajstić information content (AvgIpc) is 2.71. The Labute approximate surface area is 89.7 Å². The Kier molecular flexibility index (Phi) is 2.90. The number of nitrogens with one attached hydrogen (secondary N) is 1. The van der Waals surface area contributed by atoms with E-state index >= 15 is 0 Å². The number of hydrogen-bond acceptors (Lipinski definition) is 2. The molecular weight excluding hydrogens is 188 g/mol. The molecular formula is C12H15N2O. The molecule has 15 heavy (non-hydrogen) atoms. The predicted octanol–water partition coefficient (Wildman–Crippen LogP) is 1.74. The molecule has 1 radical (unpaired) electrons. The third-order valence-corrected chi connectivity index (χ3v) is 2.81. The number of anilines is 1. The zero-order valence-electron chi connectivity index (χ0n) is 8.62. The first kappa shape index (κ1) is 10.0. The highest BCUT2D eigenvalue weighted by Crippen LogP contribution is 2.18. The molecule has 1 aromatic carbocycles. The topological polar surface area (TPSA) is 55.1 Å². The van der Waals surface area contributed by atoms with Gasteiger partial charge >= 0.3 is 0 Å². The Balaban J connectivity index is 2.04. The van der Waals surface area contributed by atoms with Crippen LogP contribution in [-0.2, 0) is 0 Å². The van der Waals surface area contributed by atoms with Crippen LogP contribution in [0.3, 0.4) is 0 Å². The maximum atomic E-state index is 11.8. The molecule has 0 saturated heterocycles. The maximum Gasteiger partial charge on any atom is 0.254 e.